The highest BCUT2D eigenvalue weighted by molar-refractivity contribution is 7.14. The Bertz CT molecular complexity index is 632. The maximum absolute atomic E-state index is 2.23. The second-order valence-electron chi connectivity index (χ2n) is 4.93. The van der Waals surface area contributed by atoms with Crippen LogP contribution < -0.4 is 9.80 Å². The third-order valence-electron chi connectivity index (χ3n) is 3.58. The molecule has 0 amide bonds. The lowest BCUT2D eigenvalue weighted by atomic mass is 10.3. The van der Waals surface area contributed by atoms with Crippen LogP contribution in [0.4, 0.5) is 22.1 Å². The van der Waals surface area contributed by atoms with Crippen molar-refractivity contribution in [3.8, 4) is 0 Å². The molecule has 3 rings (SSSR count). The first-order valence-electron chi connectivity index (χ1n) is 6.92. The van der Waals surface area contributed by atoms with Crippen molar-refractivity contribution in [3.63, 3.8) is 0 Å². The average Bonchev–Trinajstić information content (AvgIpc) is 3.05. The van der Waals surface area contributed by atoms with Gasteiger partial charge in [-0.1, -0.05) is 36.4 Å². The molecule has 0 radical (unpaired) electrons. The van der Waals surface area contributed by atoms with Crippen LogP contribution in [0, 0.1) is 0 Å². The van der Waals surface area contributed by atoms with E-state index in [1.54, 1.807) is 11.3 Å². The van der Waals surface area contributed by atoms with Crippen molar-refractivity contribution in [2.24, 2.45) is 0 Å². The van der Waals surface area contributed by atoms with Gasteiger partial charge >= 0.3 is 0 Å². The monoisotopic (exact) mass is 294 g/mol. The molecular weight excluding hydrogens is 276 g/mol. The van der Waals surface area contributed by atoms with Gasteiger partial charge in [-0.15, -0.1) is 11.3 Å². The van der Waals surface area contributed by atoms with Crippen molar-refractivity contribution in [3.05, 3.63) is 72.1 Å². The molecule has 0 saturated heterocycles. The summed E-state index contributed by atoms with van der Waals surface area (Å²) in [5.41, 5.74) is 3.61. The van der Waals surface area contributed by atoms with Gasteiger partial charge in [-0.3, -0.25) is 0 Å². The Morgan fingerprint density at radius 1 is 0.667 bits per heavy atom. The van der Waals surface area contributed by atoms with Gasteiger partial charge in [0.1, 0.15) is 0 Å². The minimum atomic E-state index is 1.20. The summed E-state index contributed by atoms with van der Waals surface area (Å²) in [5.74, 6) is 0. The number of hydrogen-bond donors (Lipinski definition) is 0. The van der Waals surface area contributed by atoms with Gasteiger partial charge in [-0.2, -0.15) is 0 Å². The zero-order chi connectivity index (χ0) is 14.7. The second kappa shape index (κ2) is 6.02. The largest absolute Gasteiger partial charge is 0.344 e. The highest BCUT2D eigenvalue weighted by Gasteiger charge is 2.10. The molecule has 0 atom stereocenters. The van der Waals surface area contributed by atoms with E-state index in [9.17, 15) is 0 Å². The van der Waals surface area contributed by atoms with E-state index in [0.29, 0.717) is 0 Å². The smallest absolute Gasteiger partial charge is 0.0972 e. The fraction of sp³-hybridized carbons (Fsp3) is 0.111. The molecular formula is C18H18N2S. The first-order chi connectivity index (χ1) is 10.3. The topological polar surface area (TPSA) is 6.48 Å². The minimum absolute atomic E-state index is 1.20. The van der Waals surface area contributed by atoms with Crippen LogP contribution in [-0.4, -0.2) is 14.1 Å². The lowest BCUT2D eigenvalue weighted by Gasteiger charge is -2.19. The molecule has 1 aromatic heterocycles. The number of benzene rings is 2. The summed E-state index contributed by atoms with van der Waals surface area (Å²) in [6.07, 6.45) is 0. The SMILES string of the molecule is CN(c1ccccc1)c1csc(N(C)c2ccccc2)c1. The molecule has 3 aromatic rings. The first kappa shape index (κ1) is 13.7. The number of rotatable bonds is 4. The van der Waals surface area contributed by atoms with E-state index < -0.39 is 0 Å². The van der Waals surface area contributed by atoms with Crippen LogP contribution in [0.25, 0.3) is 0 Å². The van der Waals surface area contributed by atoms with Gasteiger partial charge in [0, 0.05) is 30.9 Å². The van der Waals surface area contributed by atoms with E-state index in [4.69, 9.17) is 0 Å². The third-order valence-corrected chi connectivity index (χ3v) is 4.57. The molecule has 0 aliphatic carbocycles. The first-order valence-corrected chi connectivity index (χ1v) is 7.80. The molecule has 21 heavy (non-hydrogen) atoms. The quantitative estimate of drug-likeness (QED) is 0.645. The Labute approximate surface area is 129 Å². The van der Waals surface area contributed by atoms with Crippen molar-refractivity contribution in [2.75, 3.05) is 23.9 Å². The van der Waals surface area contributed by atoms with E-state index >= 15 is 0 Å². The molecule has 2 nitrogen and oxygen atoms in total. The summed E-state index contributed by atoms with van der Waals surface area (Å²) >= 11 is 1.76. The molecule has 0 aliphatic heterocycles. The minimum Gasteiger partial charge on any atom is -0.344 e. The lowest BCUT2D eigenvalue weighted by Crippen LogP contribution is -2.09. The van der Waals surface area contributed by atoms with Gasteiger partial charge in [0.2, 0.25) is 0 Å². The van der Waals surface area contributed by atoms with Gasteiger partial charge < -0.3 is 9.80 Å². The van der Waals surface area contributed by atoms with E-state index in [1.807, 2.05) is 12.1 Å². The van der Waals surface area contributed by atoms with Crippen LogP contribution in [0.5, 0.6) is 0 Å². The summed E-state index contributed by atoms with van der Waals surface area (Å²) in [6, 6.07) is 23.1. The average molecular weight is 294 g/mol. The van der Waals surface area contributed by atoms with E-state index in [0.717, 1.165) is 0 Å². The van der Waals surface area contributed by atoms with Gasteiger partial charge in [0.15, 0.2) is 0 Å². The van der Waals surface area contributed by atoms with Crippen molar-refractivity contribution in [2.45, 2.75) is 0 Å². The fourth-order valence-corrected chi connectivity index (χ4v) is 3.17. The fourth-order valence-electron chi connectivity index (χ4n) is 2.25. The van der Waals surface area contributed by atoms with Crippen LogP contribution in [0.2, 0.25) is 0 Å². The van der Waals surface area contributed by atoms with Crippen LogP contribution in [-0.2, 0) is 0 Å². The van der Waals surface area contributed by atoms with Crippen molar-refractivity contribution >= 4 is 33.4 Å². The Kier molecular flexibility index (Phi) is 3.93. The highest BCUT2D eigenvalue weighted by Crippen LogP contribution is 2.35. The van der Waals surface area contributed by atoms with Crippen molar-refractivity contribution < 1.29 is 0 Å². The van der Waals surface area contributed by atoms with Crippen molar-refractivity contribution in [1.82, 2.24) is 0 Å². The molecule has 106 valence electrons. The van der Waals surface area contributed by atoms with Gasteiger partial charge in [-0.25, -0.2) is 0 Å². The highest BCUT2D eigenvalue weighted by atomic mass is 32.1. The molecule has 0 fully saturated rings. The summed E-state index contributed by atoms with van der Waals surface area (Å²) in [7, 11) is 4.21. The van der Waals surface area contributed by atoms with E-state index in [-0.39, 0.29) is 0 Å². The maximum Gasteiger partial charge on any atom is 0.0972 e. The van der Waals surface area contributed by atoms with E-state index in [1.165, 1.54) is 22.1 Å². The number of para-hydroxylation sites is 2. The molecule has 0 unspecified atom stereocenters. The van der Waals surface area contributed by atoms with Gasteiger partial charge in [0.05, 0.1) is 10.7 Å². The standard InChI is InChI=1S/C18H18N2S/c1-19(15-9-5-3-6-10-15)17-13-18(21-14-17)20(2)16-11-7-4-8-12-16/h3-14H,1-2H3. The molecule has 0 aliphatic rings. The van der Waals surface area contributed by atoms with Gasteiger partial charge in [0.25, 0.3) is 0 Å². The zero-order valence-electron chi connectivity index (χ0n) is 12.2. The summed E-state index contributed by atoms with van der Waals surface area (Å²) in [5, 5.41) is 3.43. The number of hydrogen-bond acceptors (Lipinski definition) is 3. The van der Waals surface area contributed by atoms with Crippen molar-refractivity contribution in [1.29, 1.82) is 0 Å². The second-order valence-corrected chi connectivity index (χ2v) is 5.82. The maximum atomic E-state index is 2.23. The molecule has 0 bridgehead atoms. The summed E-state index contributed by atoms with van der Waals surface area (Å²) in [4.78, 5) is 4.42. The third kappa shape index (κ3) is 2.93. The molecule has 0 spiro atoms. The molecule has 0 N–H and O–H groups in total. The molecule has 1 heterocycles. The Morgan fingerprint density at radius 3 is 1.76 bits per heavy atom. The van der Waals surface area contributed by atoms with Crippen LogP contribution in [0.3, 0.4) is 0 Å². The van der Waals surface area contributed by atoms with Crippen LogP contribution in [0.1, 0.15) is 0 Å². The molecule has 0 saturated carbocycles. The van der Waals surface area contributed by atoms with Crippen LogP contribution >= 0.6 is 11.3 Å². The Hall–Kier alpha value is -2.26. The molecule has 3 heteroatoms. The summed E-state index contributed by atoms with van der Waals surface area (Å²) < 4.78 is 0. The van der Waals surface area contributed by atoms with Gasteiger partial charge in [-0.05, 0) is 30.3 Å². The van der Waals surface area contributed by atoms with Crippen LogP contribution in [0.15, 0.2) is 72.1 Å². The summed E-state index contributed by atoms with van der Waals surface area (Å²) in [6.45, 7) is 0. The Morgan fingerprint density at radius 2 is 1.19 bits per heavy atom. The molecule has 2 aromatic carbocycles. The predicted molar refractivity (Wildman–Crippen MR) is 93.3 cm³/mol. The zero-order valence-corrected chi connectivity index (χ0v) is 13.0. The number of anilines is 4. The predicted octanol–water partition coefficient (Wildman–Crippen LogP) is 5.28. The normalized spacial score (nSPS) is 10.4. The Balaban J connectivity index is 1.84. The van der Waals surface area contributed by atoms with E-state index in [2.05, 4.69) is 83.9 Å². The number of thiophene rings is 1. The number of nitrogens with zero attached hydrogens (tertiary/aromatic N) is 2. The lowest BCUT2D eigenvalue weighted by molar-refractivity contribution is 1.20.